The Morgan fingerprint density at radius 1 is 1.25 bits per heavy atom. The van der Waals surface area contributed by atoms with E-state index in [0.717, 1.165) is 18.8 Å². The quantitative estimate of drug-likeness (QED) is 0.753. The molecule has 2 nitrogen and oxygen atoms in total. The van der Waals surface area contributed by atoms with E-state index in [2.05, 4.69) is 56.4 Å². The Balaban J connectivity index is 2.04. The minimum Gasteiger partial charge on any atom is -0.312 e. The van der Waals surface area contributed by atoms with E-state index in [1.54, 1.807) is 0 Å². The molecular formula is C16H22N2S2. The molecule has 0 bridgehead atoms. The van der Waals surface area contributed by atoms with Gasteiger partial charge < -0.3 is 5.32 Å². The highest BCUT2D eigenvalue weighted by atomic mass is 32.2. The highest BCUT2D eigenvalue weighted by Crippen LogP contribution is 2.29. The van der Waals surface area contributed by atoms with E-state index in [9.17, 15) is 0 Å². The van der Waals surface area contributed by atoms with Crippen LogP contribution in [0.1, 0.15) is 42.3 Å². The fraction of sp³-hybridized carbons (Fsp3) is 0.438. The summed E-state index contributed by atoms with van der Waals surface area (Å²) in [4.78, 5) is 7.54. The monoisotopic (exact) mass is 306 g/mol. The summed E-state index contributed by atoms with van der Waals surface area (Å²) in [5.41, 5.74) is 1.26. The van der Waals surface area contributed by atoms with E-state index in [-0.39, 0.29) is 0 Å². The van der Waals surface area contributed by atoms with Crippen molar-refractivity contribution < 1.29 is 0 Å². The van der Waals surface area contributed by atoms with Gasteiger partial charge in [0, 0.05) is 16.3 Å². The molecule has 2 rings (SSSR count). The number of nitrogens with one attached hydrogen (secondary N) is 1. The molecule has 0 radical (unpaired) electrons. The topological polar surface area (TPSA) is 24.9 Å². The van der Waals surface area contributed by atoms with Gasteiger partial charge >= 0.3 is 0 Å². The fourth-order valence-corrected chi connectivity index (χ4v) is 4.06. The van der Waals surface area contributed by atoms with Gasteiger partial charge in [0.1, 0.15) is 5.01 Å². The lowest BCUT2D eigenvalue weighted by Gasteiger charge is -2.04. The van der Waals surface area contributed by atoms with Crippen molar-refractivity contribution in [2.24, 2.45) is 0 Å². The molecule has 0 amide bonds. The van der Waals surface area contributed by atoms with Crippen LogP contribution in [0.15, 0.2) is 35.2 Å². The Morgan fingerprint density at radius 2 is 2.00 bits per heavy atom. The van der Waals surface area contributed by atoms with Crippen LogP contribution in [0, 0.1) is 0 Å². The van der Waals surface area contributed by atoms with Crippen LogP contribution in [0.4, 0.5) is 0 Å². The lowest BCUT2D eigenvalue weighted by atomic mass is 10.1. The summed E-state index contributed by atoms with van der Waals surface area (Å²) in [5.74, 6) is 1.45. The molecule has 108 valence electrons. The maximum atomic E-state index is 4.84. The van der Waals surface area contributed by atoms with Gasteiger partial charge in [0.25, 0.3) is 0 Å². The number of aromatic nitrogens is 1. The zero-order valence-corrected chi connectivity index (χ0v) is 14.0. The Kier molecular flexibility index (Phi) is 6.07. The van der Waals surface area contributed by atoms with Crippen molar-refractivity contribution in [1.82, 2.24) is 10.3 Å². The van der Waals surface area contributed by atoms with Gasteiger partial charge in [-0.15, -0.1) is 23.1 Å². The van der Waals surface area contributed by atoms with Crippen molar-refractivity contribution in [2.75, 3.05) is 6.54 Å². The van der Waals surface area contributed by atoms with Crippen LogP contribution in [0.3, 0.4) is 0 Å². The second-order valence-electron chi connectivity index (χ2n) is 4.95. The van der Waals surface area contributed by atoms with Crippen molar-refractivity contribution in [3.8, 4) is 0 Å². The first-order chi connectivity index (χ1) is 9.70. The minimum atomic E-state index is 0.496. The highest BCUT2D eigenvalue weighted by Gasteiger charge is 2.13. The number of benzene rings is 1. The number of hydrogen-bond acceptors (Lipinski definition) is 4. The summed E-state index contributed by atoms with van der Waals surface area (Å²) in [6.07, 6.45) is 0. The van der Waals surface area contributed by atoms with Crippen molar-refractivity contribution >= 4 is 23.1 Å². The molecule has 1 aromatic heterocycles. The number of nitrogens with zero attached hydrogens (tertiary/aromatic N) is 1. The van der Waals surface area contributed by atoms with Gasteiger partial charge in [-0.05, 0) is 24.6 Å². The highest BCUT2D eigenvalue weighted by molar-refractivity contribution is 7.98. The first-order valence-electron chi connectivity index (χ1n) is 7.07. The minimum absolute atomic E-state index is 0.496. The molecule has 0 aliphatic carbocycles. The number of rotatable bonds is 7. The third-order valence-electron chi connectivity index (χ3n) is 2.96. The van der Waals surface area contributed by atoms with Crippen LogP contribution >= 0.6 is 23.1 Å². The van der Waals surface area contributed by atoms with Crippen molar-refractivity contribution in [1.29, 1.82) is 0 Å². The molecule has 0 saturated heterocycles. The Bertz CT molecular complexity index is 521. The number of hydrogen-bond donors (Lipinski definition) is 1. The third-order valence-corrected chi connectivity index (χ3v) is 5.24. The summed E-state index contributed by atoms with van der Waals surface area (Å²) in [6, 6.07) is 10.5. The third kappa shape index (κ3) is 4.33. The van der Waals surface area contributed by atoms with Crippen LogP contribution in [0.5, 0.6) is 0 Å². The molecule has 0 spiro atoms. The molecule has 2 aromatic rings. The Morgan fingerprint density at radius 3 is 2.65 bits per heavy atom. The molecule has 20 heavy (non-hydrogen) atoms. The number of thiazole rings is 1. The van der Waals surface area contributed by atoms with Crippen LogP contribution in [-0.2, 0) is 12.3 Å². The normalized spacial score (nSPS) is 11.2. The Hall–Kier alpha value is -0.840. The van der Waals surface area contributed by atoms with Crippen LogP contribution < -0.4 is 5.32 Å². The van der Waals surface area contributed by atoms with E-state index in [0.29, 0.717) is 5.92 Å². The summed E-state index contributed by atoms with van der Waals surface area (Å²) < 4.78 is 0. The van der Waals surface area contributed by atoms with Crippen LogP contribution in [0.25, 0.3) is 0 Å². The maximum absolute atomic E-state index is 4.84. The molecule has 0 aliphatic heterocycles. The smallest absolute Gasteiger partial charge is 0.103 e. The largest absolute Gasteiger partial charge is 0.312 e. The van der Waals surface area contributed by atoms with E-state index in [1.807, 2.05) is 23.1 Å². The molecule has 1 N–H and O–H groups in total. The van der Waals surface area contributed by atoms with E-state index in [4.69, 9.17) is 4.98 Å². The molecule has 0 atom stereocenters. The van der Waals surface area contributed by atoms with Gasteiger partial charge in [0.15, 0.2) is 0 Å². The number of thioether (sulfide) groups is 1. The van der Waals surface area contributed by atoms with Crippen molar-refractivity contribution in [3.63, 3.8) is 0 Å². The lowest BCUT2D eigenvalue weighted by Crippen LogP contribution is -2.12. The molecule has 1 heterocycles. The van der Waals surface area contributed by atoms with Crippen LogP contribution in [-0.4, -0.2) is 11.5 Å². The van der Waals surface area contributed by atoms with E-state index in [1.165, 1.54) is 20.5 Å². The average molecular weight is 307 g/mol. The fourth-order valence-electron chi connectivity index (χ4n) is 1.95. The average Bonchev–Trinajstić information content (AvgIpc) is 2.87. The lowest BCUT2D eigenvalue weighted by molar-refractivity contribution is 0.713. The molecule has 0 aliphatic rings. The van der Waals surface area contributed by atoms with Gasteiger partial charge in [-0.3, -0.25) is 0 Å². The predicted octanol–water partition coefficient (Wildman–Crippen LogP) is 4.67. The molecule has 0 fully saturated rings. The van der Waals surface area contributed by atoms with Gasteiger partial charge in [0.05, 0.1) is 11.4 Å². The van der Waals surface area contributed by atoms with E-state index >= 15 is 0 Å². The van der Waals surface area contributed by atoms with Crippen LogP contribution in [0.2, 0.25) is 0 Å². The second-order valence-corrected chi connectivity index (χ2v) is 7.17. The van der Waals surface area contributed by atoms with Gasteiger partial charge in [-0.1, -0.05) is 39.0 Å². The first-order valence-corrected chi connectivity index (χ1v) is 8.88. The molecule has 1 aromatic carbocycles. The van der Waals surface area contributed by atoms with E-state index < -0.39 is 0 Å². The molecular weight excluding hydrogens is 284 g/mol. The summed E-state index contributed by atoms with van der Waals surface area (Å²) in [5, 5.41) is 4.64. The first kappa shape index (κ1) is 15.5. The molecule has 4 heteroatoms. The zero-order valence-electron chi connectivity index (χ0n) is 12.3. The predicted molar refractivity (Wildman–Crippen MR) is 89.6 cm³/mol. The van der Waals surface area contributed by atoms with Crippen molar-refractivity contribution in [3.05, 3.63) is 45.9 Å². The standard InChI is InChI=1S/C16H22N2S2/c1-4-17-10-14-16(12(2)3)18-15(20-14)11-19-13-8-6-5-7-9-13/h5-9,12,17H,4,10-11H2,1-3H3. The zero-order chi connectivity index (χ0) is 14.4. The van der Waals surface area contributed by atoms with Gasteiger partial charge in [-0.25, -0.2) is 4.98 Å². The molecule has 0 unspecified atom stereocenters. The van der Waals surface area contributed by atoms with Gasteiger partial charge in [0.2, 0.25) is 0 Å². The maximum Gasteiger partial charge on any atom is 0.103 e. The van der Waals surface area contributed by atoms with Gasteiger partial charge in [-0.2, -0.15) is 0 Å². The summed E-state index contributed by atoms with van der Waals surface area (Å²) in [7, 11) is 0. The second kappa shape index (κ2) is 7.81. The Labute approximate surface area is 130 Å². The summed E-state index contributed by atoms with van der Waals surface area (Å²) >= 11 is 3.71. The summed E-state index contributed by atoms with van der Waals surface area (Å²) in [6.45, 7) is 8.53. The molecule has 0 saturated carbocycles. The van der Waals surface area contributed by atoms with Crippen molar-refractivity contribution in [2.45, 2.75) is 43.9 Å². The SMILES string of the molecule is CCNCc1sc(CSc2ccccc2)nc1C(C)C.